The predicted octanol–water partition coefficient (Wildman–Crippen LogP) is 3.85. The fourth-order valence-electron chi connectivity index (χ4n) is 3.02. The van der Waals surface area contributed by atoms with Gasteiger partial charge in [0.1, 0.15) is 5.00 Å². The second-order valence-corrected chi connectivity index (χ2v) is 8.98. The molecule has 0 spiro atoms. The standard InChI is InChI=1S/C18H21NO4S2/c1-3-23-18(20)16-14-10-9-12(2)11-15(14)24-17(16)19-25(21,22)13-7-5-4-6-8-13/h4-8,12,19H,3,9-11H2,1-2H3. The minimum atomic E-state index is -3.74. The number of thiophene rings is 1. The Morgan fingerprint density at radius 1 is 1.32 bits per heavy atom. The van der Waals surface area contributed by atoms with Crippen LogP contribution in [-0.4, -0.2) is 21.0 Å². The van der Waals surface area contributed by atoms with Crippen molar-refractivity contribution in [1.29, 1.82) is 0 Å². The SMILES string of the molecule is CCOC(=O)c1c(NS(=O)(=O)c2ccccc2)sc2c1CCC(C)C2. The maximum absolute atomic E-state index is 12.7. The van der Waals surface area contributed by atoms with Gasteiger partial charge < -0.3 is 4.74 Å². The Balaban J connectivity index is 2.02. The number of fused-ring (bicyclic) bond motifs is 1. The topological polar surface area (TPSA) is 72.5 Å². The molecule has 7 heteroatoms. The number of nitrogens with one attached hydrogen (secondary N) is 1. The molecule has 0 saturated heterocycles. The van der Waals surface area contributed by atoms with Crippen molar-refractivity contribution in [1.82, 2.24) is 0 Å². The van der Waals surface area contributed by atoms with Crippen LogP contribution >= 0.6 is 11.3 Å². The average molecular weight is 380 g/mol. The van der Waals surface area contributed by atoms with E-state index in [0.717, 1.165) is 29.7 Å². The summed E-state index contributed by atoms with van der Waals surface area (Å²) in [7, 11) is -3.74. The second-order valence-electron chi connectivity index (χ2n) is 6.19. The van der Waals surface area contributed by atoms with Crippen molar-refractivity contribution in [3.63, 3.8) is 0 Å². The number of hydrogen-bond donors (Lipinski definition) is 1. The van der Waals surface area contributed by atoms with Gasteiger partial charge in [-0.15, -0.1) is 11.3 Å². The van der Waals surface area contributed by atoms with Crippen LogP contribution in [0, 0.1) is 5.92 Å². The molecule has 1 aromatic carbocycles. The van der Waals surface area contributed by atoms with Crippen LogP contribution in [0.15, 0.2) is 35.2 Å². The van der Waals surface area contributed by atoms with E-state index < -0.39 is 16.0 Å². The van der Waals surface area contributed by atoms with Crippen LogP contribution in [0.25, 0.3) is 0 Å². The molecule has 1 unspecified atom stereocenters. The summed E-state index contributed by atoms with van der Waals surface area (Å²) in [5.74, 6) is 0.0695. The third-order valence-electron chi connectivity index (χ3n) is 4.27. The Bertz CT molecular complexity index is 872. The molecule has 134 valence electrons. The summed E-state index contributed by atoms with van der Waals surface area (Å²) in [5.41, 5.74) is 1.32. The van der Waals surface area contributed by atoms with Gasteiger partial charge in [-0.2, -0.15) is 0 Å². The molecule has 2 aromatic rings. The van der Waals surface area contributed by atoms with Gasteiger partial charge in [0.15, 0.2) is 0 Å². The summed E-state index contributed by atoms with van der Waals surface area (Å²) in [5, 5.41) is 0.362. The van der Waals surface area contributed by atoms with E-state index in [1.165, 1.54) is 23.5 Å². The van der Waals surface area contributed by atoms with Crippen LogP contribution in [0.1, 0.15) is 41.1 Å². The maximum atomic E-state index is 12.7. The number of carbonyl (C=O) groups excluding carboxylic acids is 1. The first-order chi connectivity index (χ1) is 11.9. The number of hydrogen-bond acceptors (Lipinski definition) is 5. The molecule has 0 radical (unpaired) electrons. The Morgan fingerprint density at radius 2 is 2.04 bits per heavy atom. The van der Waals surface area contributed by atoms with Crippen molar-refractivity contribution in [2.45, 2.75) is 38.0 Å². The van der Waals surface area contributed by atoms with Gasteiger partial charge in [-0.05, 0) is 49.8 Å². The van der Waals surface area contributed by atoms with Gasteiger partial charge >= 0.3 is 5.97 Å². The van der Waals surface area contributed by atoms with Crippen molar-refractivity contribution in [2.24, 2.45) is 5.92 Å². The molecular formula is C18H21NO4S2. The van der Waals surface area contributed by atoms with E-state index in [0.29, 0.717) is 16.5 Å². The Kier molecular flexibility index (Phi) is 5.15. The summed E-state index contributed by atoms with van der Waals surface area (Å²) in [6.45, 7) is 4.16. The number of esters is 1. The predicted molar refractivity (Wildman–Crippen MR) is 98.7 cm³/mol. The summed E-state index contributed by atoms with van der Waals surface area (Å²) in [4.78, 5) is 13.7. The van der Waals surface area contributed by atoms with Crippen molar-refractivity contribution in [2.75, 3.05) is 11.3 Å². The molecule has 5 nitrogen and oxygen atoms in total. The molecule has 1 aliphatic rings. The molecule has 25 heavy (non-hydrogen) atoms. The lowest BCUT2D eigenvalue weighted by Gasteiger charge is -2.18. The average Bonchev–Trinajstić information content (AvgIpc) is 2.92. The highest BCUT2D eigenvalue weighted by Crippen LogP contribution is 2.40. The number of ether oxygens (including phenoxy) is 1. The quantitative estimate of drug-likeness (QED) is 0.801. The van der Waals surface area contributed by atoms with Gasteiger partial charge in [-0.25, -0.2) is 13.2 Å². The van der Waals surface area contributed by atoms with Crippen LogP contribution in [0.4, 0.5) is 5.00 Å². The van der Waals surface area contributed by atoms with Gasteiger partial charge in [0.2, 0.25) is 0 Å². The van der Waals surface area contributed by atoms with Gasteiger partial charge in [-0.3, -0.25) is 4.72 Å². The molecule has 1 aromatic heterocycles. The molecule has 1 heterocycles. The molecular weight excluding hydrogens is 358 g/mol. The highest BCUT2D eigenvalue weighted by Gasteiger charge is 2.30. The van der Waals surface area contributed by atoms with E-state index in [-0.39, 0.29) is 11.5 Å². The Labute approximate surface area is 152 Å². The summed E-state index contributed by atoms with van der Waals surface area (Å²) in [6.07, 6.45) is 2.62. The van der Waals surface area contributed by atoms with E-state index in [1.54, 1.807) is 25.1 Å². The van der Waals surface area contributed by atoms with Gasteiger partial charge in [0.05, 0.1) is 17.1 Å². The van der Waals surface area contributed by atoms with Crippen molar-refractivity contribution in [3.8, 4) is 0 Å². The van der Waals surface area contributed by atoms with Crippen LogP contribution in [0.2, 0.25) is 0 Å². The molecule has 3 rings (SSSR count). The minimum Gasteiger partial charge on any atom is -0.462 e. The Morgan fingerprint density at radius 3 is 2.72 bits per heavy atom. The number of sulfonamides is 1. The highest BCUT2D eigenvalue weighted by molar-refractivity contribution is 7.93. The normalized spacial score (nSPS) is 17.0. The zero-order valence-corrected chi connectivity index (χ0v) is 15.9. The largest absolute Gasteiger partial charge is 0.462 e. The lowest BCUT2D eigenvalue weighted by atomic mass is 9.88. The third-order valence-corrected chi connectivity index (χ3v) is 6.94. The fraction of sp³-hybridized carbons (Fsp3) is 0.389. The first kappa shape index (κ1) is 17.9. The van der Waals surface area contributed by atoms with E-state index in [4.69, 9.17) is 4.74 Å². The van der Waals surface area contributed by atoms with E-state index in [9.17, 15) is 13.2 Å². The summed E-state index contributed by atoms with van der Waals surface area (Å²) >= 11 is 1.35. The van der Waals surface area contributed by atoms with Crippen LogP contribution < -0.4 is 4.72 Å². The number of anilines is 1. The lowest BCUT2D eigenvalue weighted by molar-refractivity contribution is 0.0526. The molecule has 1 aliphatic carbocycles. The Hall–Kier alpha value is -1.86. The van der Waals surface area contributed by atoms with Gasteiger partial charge in [-0.1, -0.05) is 25.1 Å². The van der Waals surface area contributed by atoms with Gasteiger partial charge in [0, 0.05) is 4.88 Å². The maximum Gasteiger partial charge on any atom is 0.341 e. The third kappa shape index (κ3) is 3.72. The van der Waals surface area contributed by atoms with Gasteiger partial charge in [0.25, 0.3) is 10.0 Å². The molecule has 1 N–H and O–H groups in total. The number of carbonyl (C=O) groups is 1. The van der Waals surface area contributed by atoms with E-state index in [2.05, 4.69) is 11.6 Å². The van der Waals surface area contributed by atoms with Crippen molar-refractivity contribution < 1.29 is 17.9 Å². The van der Waals surface area contributed by atoms with Crippen LogP contribution in [0.3, 0.4) is 0 Å². The molecule has 0 aliphatic heterocycles. The summed E-state index contributed by atoms with van der Waals surface area (Å²) in [6, 6.07) is 8.15. The molecule has 0 bridgehead atoms. The molecule has 0 fully saturated rings. The first-order valence-electron chi connectivity index (χ1n) is 8.32. The molecule has 0 saturated carbocycles. The molecule has 1 atom stereocenters. The first-order valence-corrected chi connectivity index (χ1v) is 10.6. The molecule has 0 amide bonds. The minimum absolute atomic E-state index is 0.171. The highest BCUT2D eigenvalue weighted by atomic mass is 32.2. The zero-order valence-electron chi connectivity index (χ0n) is 14.2. The zero-order chi connectivity index (χ0) is 18.0. The van der Waals surface area contributed by atoms with Crippen LogP contribution in [-0.2, 0) is 27.6 Å². The smallest absolute Gasteiger partial charge is 0.341 e. The number of rotatable bonds is 5. The second kappa shape index (κ2) is 7.17. The number of benzene rings is 1. The van der Waals surface area contributed by atoms with Crippen LogP contribution in [0.5, 0.6) is 0 Å². The van der Waals surface area contributed by atoms with E-state index in [1.807, 2.05) is 0 Å². The monoisotopic (exact) mass is 379 g/mol. The van der Waals surface area contributed by atoms with E-state index >= 15 is 0 Å². The van der Waals surface area contributed by atoms with Crippen molar-refractivity contribution >= 4 is 32.3 Å². The van der Waals surface area contributed by atoms with Crippen molar-refractivity contribution in [3.05, 3.63) is 46.3 Å². The fourth-order valence-corrected chi connectivity index (χ4v) is 5.75. The lowest BCUT2D eigenvalue weighted by Crippen LogP contribution is -2.17. The summed E-state index contributed by atoms with van der Waals surface area (Å²) < 4.78 is 33.1.